The first-order chi connectivity index (χ1) is 9.56. The smallest absolute Gasteiger partial charge is 0.216 e. The van der Waals surface area contributed by atoms with Gasteiger partial charge in [-0.2, -0.15) is 0 Å². The molecule has 0 bridgehead atoms. The van der Waals surface area contributed by atoms with Crippen LogP contribution in [0, 0.1) is 5.92 Å². The Morgan fingerprint density at radius 3 is 2.70 bits per heavy atom. The summed E-state index contributed by atoms with van der Waals surface area (Å²) in [6.45, 7) is 6.00. The molecule has 1 aromatic heterocycles. The minimum Gasteiger partial charge on any atom is -0.389 e. The Kier molecular flexibility index (Phi) is 4.95. The minimum atomic E-state index is -0.472. The lowest BCUT2D eigenvalue weighted by molar-refractivity contribution is -0.119. The predicted molar refractivity (Wildman–Crippen MR) is 78.5 cm³/mol. The van der Waals surface area contributed by atoms with Crippen LogP contribution in [-0.2, 0) is 4.79 Å². The van der Waals surface area contributed by atoms with Crippen LogP contribution in [-0.4, -0.2) is 35.6 Å². The highest BCUT2D eigenvalue weighted by atomic mass is 16.3. The molecule has 1 aromatic rings. The Morgan fingerprint density at radius 1 is 1.50 bits per heavy atom. The number of anilines is 1. The summed E-state index contributed by atoms with van der Waals surface area (Å²) in [6.07, 6.45) is 3.41. The van der Waals surface area contributed by atoms with E-state index >= 15 is 0 Å². The standard InChI is InChI=1S/C15H23N3O2/c1-11(19)14-3-4-15(17-10-14)18-7-5-13(6-8-18)9-16-12(2)20/h3-4,10-11,13,19H,5-9H2,1-2H3,(H,16,20)/t11-/m1/s1. The zero-order chi connectivity index (χ0) is 14.5. The first-order valence-corrected chi connectivity index (χ1v) is 7.19. The van der Waals surface area contributed by atoms with Gasteiger partial charge in [0, 0.05) is 32.8 Å². The quantitative estimate of drug-likeness (QED) is 0.875. The number of amides is 1. The topological polar surface area (TPSA) is 65.5 Å². The molecule has 1 atom stereocenters. The number of piperidine rings is 1. The van der Waals surface area contributed by atoms with E-state index in [4.69, 9.17) is 0 Å². The SMILES string of the molecule is CC(=O)NCC1CCN(c2ccc([C@@H](C)O)cn2)CC1. The Hall–Kier alpha value is -1.62. The molecule has 5 nitrogen and oxygen atoms in total. The predicted octanol–water partition coefficient (Wildman–Crippen LogP) is 1.49. The minimum absolute atomic E-state index is 0.0443. The van der Waals surface area contributed by atoms with Crippen LogP contribution in [0.2, 0.25) is 0 Å². The van der Waals surface area contributed by atoms with Crippen LogP contribution in [0.25, 0.3) is 0 Å². The molecule has 1 aliphatic rings. The van der Waals surface area contributed by atoms with E-state index in [0.717, 1.165) is 43.9 Å². The van der Waals surface area contributed by atoms with E-state index in [2.05, 4.69) is 15.2 Å². The lowest BCUT2D eigenvalue weighted by atomic mass is 9.97. The van der Waals surface area contributed by atoms with Crippen molar-refractivity contribution < 1.29 is 9.90 Å². The molecule has 0 aliphatic carbocycles. The summed E-state index contributed by atoms with van der Waals surface area (Å²) < 4.78 is 0. The highest BCUT2D eigenvalue weighted by molar-refractivity contribution is 5.72. The lowest BCUT2D eigenvalue weighted by Gasteiger charge is -2.32. The molecule has 110 valence electrons. The van der Waals surface area contributed by atoms with E-state index in [1.165, 1.54) is 0 Å². The van der Waals surface area contributed by atoms with Gasteiger partial charge in [-0.25, -0.2) is 4.98 Å². The normalized spacial score (nSPS) is 17.9. The van der Waals surface area contributed by atoms with Gasteiger partial charge in [0.05, 0.1) is 6.10 Å². The van der Waals surface area contributed by atoms with Crippen molar-refractivity contribution in [3.8, 4) is 0 Å². The number of carbonyl (C=O) groups is 1. The molecule has 0 aromatic carbocycles. The summed E-state index contributed by atoms with van der Waals surface area (Å²) in [5.41, 5.74) is 0.842. The maximum absolute atomic E-state index is 10.9. The molecule has 0 spiro atoms. The second kappa shape index (κ2) is 6.70. The second-order valence-electron chi connectivity index (χ2n) is 5.49. The molecule has 1 amide bonds. The molecule has 0 unspecified atom stereocenters. The molecule has 0 radical (unpaired) electrons. The molecule has 1 saturated heterocycles. The summed E-state index contributed by atoms with van der Waals surface area (Å²) >= 11 is 0. The number of pyridine rings is 1. The first-order valence-electron chi connectivity index (χ1n) is 7.19. The second-order valence-corrected chi connectivity index (χ2v) is 5.49. The summed E-state index contributed by atoms with van der Waals surface area (Å²) in [4.78, 5) is 17.6. The third-order valence-electron chi connectivity index (χ3n) is 3.83. The number of hydrogen-bond acceptors (Lipinski definition) is 4. The number of aliphatic hydroxyl groups is 1. The van der Waals surface area contributed by atoms with Gasteiger partial charge in [0.25, 0.3) is 0 Å². The molecular weight excluding hydrogens is 254 g/mol. The lowest BCUT2D eigenvalue weighted by Crippen LogP contribution is -2.38. The third kappa shape index (κ3) is 3.93. The van der Waals surface area contributed by atoms with Crippen LogP contribution in [0.15, 0.2) is 18.3 Å². The maximum Gasteiger partial charge on any atom is 0.216 e. The first kappa shape index (κ1) is 14.8. The average Bonchev–Trinajstić information content (AvgIpc) is 2.46. The van der Waals surface area contributed by atoms with E-state index in [-0.39, 0.29) is 5.91 Å². The molecule has 2 rings (SSSR count). The fourth-order valence-corrected chi connectivity index (χ4v) is 2.49. The molecular formula is C15H23N3O2. The maximum atomic E-state index is 10.9. The van der Waals surface area contributed by atoms with Crippen LogP contribution in [0.5, 0.6) is 0 Å². The Labute approximate surface area is 120 Å². The van der Waals surface area contributed by atoms with Crippen LogP contribution >= 0.6 is 0 Å². The average molecular weight is 277 g/mol. The zero-order valence-corrected chi connectivity index (χ0v) is 12.2. The number of rotatable bonds is 4. The van der Waals surface area contributed by atoms with Gasteiger partial charge in [-0.05, 0) is 37.3 Å². The van der Waals surface area contributed by atoms with Crippen LogP contribution in [0.4, 0.5) is 5.82 Å². The van der Waals surface area contributed by atoms with Crippen LogP contribution in [0.3, 0.4) is 0 Å². The summed E-state index contributed by atoms with van der Waals surface area (Å²) in [6, 6.07) is 3.90. The Morgan fingerprint density at radius 2 is 2.20 bits per heavy atom. The summed E-state index contributed by atoms with van der Waals surface area (Å²) in [5.74, 6) is 1.57. The van der Waals surface area contributed by atoms with E-state index in [1.54, 1.807) is 20.0 Å². The van der Waals surface area contributed by atoms with Crippen molar-refractivity contribution in [3.05, 3.63) is 23.9 Å². The number of nitrogens with one attached hydrogen (secondary N) is 1. The third-order valence-corrected chi connectivity index (χ3v) is 3.83. The van der Waals surface area contributed by atoms with Gasteiger partial charge >= 0.3 is 0 Å². The molecule has 5 heteroatoms. The van der Waals surface area contributed by atoms with Crippen molar-refractivity contribution in [1.29, 1.82) is 0 Å². The van der Waals surface area contributed by atoms with Crippen LogP contribution in [0.1, 0.15) is 38.4 Å². The number of aromatic nitrogens is 1. The monoisotopic (exact) mass is 277 g/mol. The highest BCUT2D eigenvalue weighted by Gasteiger charge is 2.20. The summed E-state index contributed by atoms with van der Waals surface area (Å²) in [7, 11) is 0. The van der Waals surface area contributed by atoms with Crippen molar-refractivity contribution in [2.45, 2.75) is 32.8 Å². The van der Waals surface area contributed by atoms with Crippen molar-refractivity contribution in [2.75, 3.05) is 24.5 Å². The molecule has 1 fully saturated rings. The van der Waals surface area contributed by atoms with E-state index in [0.29, 0.717) is 5.92 Å². The zero-order valence-electron chi connectivity index (χ0n) is 12.2. The van der Waals surface area contributed by atoms with Gasteiger partial charge in [0.2, 0.25) is 5.91 Å². The molecule has 20 heavy (non-hydrogen) atoms. The molecule has 1 aliphatic heterocycles. The van der Waals surface area contributed by atoms with Gasteiger partial charge in [-0.15, -0.1) is 0 Å². The van der Waals surface area contributed by atoms with Gasteiger partial charge in [0.15, 0.2) is 0 Å². The Balaban J connectivity index is 1.85. The van der Waals surface area contributed by atoms with Crippen molar-refractivity contribution >= 4 is 11.7 Å². The molecule has 2 N–H and O–H groups in total. The Bertz CT molecular complexity index is 437. The van der Waals surface area contributed by atoms with Crippen molar-refractivity contribution in [3.63, 3.8) is 0 Å². The fraction of sp³-hybridized carbons (Fsp3) is 0.600. The van der Waals surface area contributed by atoms with Gasteiger partial charge in [0.1, 0.15) is 5.82 Å². The largest absolute Gasteiger partial charge is 0.389 e. The van der Waals surface area contributed by atoms with Crippen LogP contribution < -0.4 is 10.2 Å². The number of nitrogens with zero attached hydrogens (tertiary/aromatic N) is 2. The molecule has 0 saturated carbocycles. The number of aliphatic hydroxyl groups excluding tert-OH is 1. The van der Waals surface area contributed by atoms with Crippen molar-refractivity contribution in [1.82, 2.24) is 10.3 Å². The molecule has 2 heterocycles. The van der Waals surface area contributed by atoms with E-state index in [9.17, 15) is 9.90 Å². The number of hydrogen-bond donors (Lipinski definition) is 2. The summed E-state index contributed by atoms with van der Waals surface area (Å²) in [5, 5.41) is 12.4. The van der Waals surface area contributed by atoms with Gasteiger partial charge in [-0.1, -0.05) is 6.07 Å². The van der Waals surface area contributed by atoms with E-state index in [1.807, 2.05) is 12.1 Å². The highest BCUT2D eigenvalue weighted by Crippen LogP contribution is 2.22. The van der Waals surface area contributed by atoms with Crippen molar-refractivity contribution in [2.24, 2.45) is 5.92 Å². The van der Waals surface area contributed by atoms with E-state index < -0.39 is 6.10 Å². The number of carbonyl (C=O) groups excluding carboxylic acids is 1. The van der Waals surface area contributed by atoms with Gasteiger partial charge in [-0.3, -0.25) is 4.79 Å². The fourth-order valence-electron chi connectivity index (χ4n) is 2.49. The van der Waals surface area contributed by atoms with Gasteiger partial charge < -0.3 is 15.3 Å².